The van der Waals surface area contributed by atoms with E-state index in [4.69, 9.17) is 14.2 Å². The molecule has 246 valence electrons. The van der Waals surface area contributed by atoms with Gasteiger partial charge in [-0.25, -0.2) is 19.2 Å². The average molecular weight is 664 g/mol. The predicted octanol–water partition coefficient (Wildman–Crippen LogP) is 6.48. The molecule has 0 radical (unpaired) electrons. The molecule has 0 spiro atoms. The molecule has 0 saturated heterocycles. The van der Waals surface area contributed by atoms with Gasteiger partial charge < -0.3 is 18.8 Å². The van der Waals surface area contributed by atoms with Crippen molar-refractivity contribution in [2.45, 2.75) is 18.4 Å². The van der Waals surface area contributed by atoms with Crippen molar-refractivity contribution in [1.29, 1.82) is 0 Å². The topological polar surface area (TPSA) is 101 Å². The molecular weight excluding hydrogens is 639 g/mol. The van der Waals surface area contributed by atoms with Gasteiger partial charge in [-0.3, -0.25) is 0 Å². The SMILES string of the molecule is COCCOCCOC(=O)C(c1ccc(-c2ccc(C(F)(F)F)cc2C(F)(F)F)nn1)n1ccc2nc(-c3ccccc3F)nc-2c1. The van der Waals surface area contributed by atoms with Gasteiger partial charge in [0.2, 0.25) is 0 Å². The van der Waals surface area contributed by atoms with E-state index < -0.39 is 46.9 Å². The van der Waals surface area contributed by atoms with Crippen molar-refractivity contribution >= 4 is 5.97 Å². The molecule has 0 N–H and O–H groups in total. The number of rotatable bonds is 11. The third-order valence-electron chi connectivity index (χ3n) is 6.82. The Morgan fingerprint density at radius 1 is 0.809 bits per heavy atom. The first-order valence-corrected chi connectivity index (χ1v) is 13.8. The Bertz CT molecular complexity index is 1810. The lowest BCUT2D eigenvalue weighted by molar-refractivity contribution is -0.148. The second-order valence-corrected chi connectivity index (χ2v) is 9.96. The molecule has 2 aromatic carbocycles. The van der Waals surface area contributed by atoms with Gasteiger partial charge >= 0.3 is 18.3 Å². The molecule has 0 amide bonds. The number of esters is 1. The fraction of sp³-hybridized carbons (Fsp3) is 0.258. The van der Waals surface area contributed by atoms with Crippen LogP contribution in [0.3, 0.4) is 0 Å². The van der Waals surface area contributed by atoms with Gasteiger partial charge in [0.1, 0.15) is 18.1 Å². The molecule has 0 fully saturated rings. The molecule has 1 atom stereocenters. The van der Waals surface area contributed by atoms with Crippen molar-refractivity contribution in [2.24, 2.45) is 0 Å². The van der Waals surface area contributed by atoms with Crippen molar-refractivity contribution in [3.8, 4) is 34.0 Å². The lowest BCUT2D eigenvalue weighted by Gasteiger charge is -2.20. The Morgan fingerprint density at radius 3 is 2.23 bits per heavy atom. The second-order valence-electron chi connectivity index (χ2n) is 9.96. The molecule has 0 aliphatic carbocycles. The Labute approximate surface area is 262 Å². The van der Waals surface area contributed by atoms with E-state index in [2.05, 4.69) is 20.2 Å². The highest BCUT2D eigenvalue weighted by Crippen LogP contribution is 2.40. The number of hydrogen-bond donors (Lipinski definition) is 0. The molecular formula is C31H24F7N5O4. The maximum absolute atomic E-state index is 14.4. The number of ether oxygens (including phenoxy) is 3. The summed E-state index contributed by atoms with van der Waals surface area (Å²) < 4.78 is 112. The number of fused-ring (bicyclic) bond motifs is 1. The molecule has 0 bridgehead atoms. The zero-order chi connectivity index (χ0) is 33.8. The summed E-state index contributed by atoms with van der Waals surface area (Å²) in [5, 5.41) is 7.79. The van der Waals surface area contributed by atoms with Crippen LogP contribution in [-0.4, -0.2) is 64.2 Å². The van der Waals surface area contributed by atoms with E-state index in [9.17, 15) is 35.5 Å². The number of aromatic nitrogens is 5. The number of benzene rings is 2. The van der Waals surface area contributed by atoms with Crippen LogP contribution >= 0.6 is 0 Å². The molecule has 5 rings (SSSR count). The first-order valence-electron chi connectivity index (χ1n) is 13.8. The van der Waals surface area contributed by atoms with E-state index >= 15 is 0 Å². The Morgan fingerprint density at radius 2 is 1.55 bits per heavy atom. The number of hydrogen-bond acceptors (Lipinski definition) is 8. The highest BCUT2D eigenvalue weighted by molar-refractivity contribution is 5.78. The largest absolute Gasteiger partial charge is 0.461 e. The first-order chi connectivity index (χ1) is 22.4. The quantitative estimate of drug-likeness (QED) is 0.0900. The van der Waals surface area contributed by atoms with Gasteiger partial charge in [-0.2, -0.15) is 36.5 Å². The normalized spacial score (nSPS) is 12.8. The van der Waals surface area contributed by atoms with Gasteiger partial charge in [-0.05, 0) is 42.5 Å². The van der Waals surface area contributed by atoms with Crippen LogP contribution < -0.4 is 0 Å². The summed E-state index contributed by atoms with van der Waals surface area (Å²) in [5.74, 6) is -1.28. The van der Waals surface area contributed by atoms with Crippen LogP contribution in [0.2, 0.25) is 0 Å². The standard InChI is InChI=1S/C31H24F7N5O4/c1-45-12-13-46-14-15-47-29(44)27(43-11-10-24-26(17-43)40-28(39-24)20-4-2-3-5-22(20)32)25-9-8-23(41-42-25)19-7-6-18(30(33,34)35)16-21(19)31(36,37)38/h2-11,16-17,27H,12-15H2,1H3. The minimum Gasteiger partial charge on any atom is -0.461 e. The van der Waals surface area contributed by atoms with Crippen LogP contribution in [0.1, 0.15) is 22.9 Å². The molecule has 47 heavy (non-hydrogen) atoms. The predicted molar refractivity (Wildman–Crippen MR) is 151 cm³/mol. The molecule has 1 unspecified atom stereocenters. The highest BCUT2D eigenvalue weighted by Gasteiger charge is 2.39. The zero-order valence-corrected chi connectivity index (χ0v) is 24.3. The zero-order valence-electron chi connectivity index (χ0n) is 24.3. The van der Waals surface area contributed by atoms with Gasteiger partial charge in [-0.15, -0.1) is 0 Å². The van der Waals surface area contributed by atoms with Crippen molar-refractivity contribution < 1.29 is 49.7 Å². The summed E-state index contributed by atoms with van der Waals surface area (Å²) >= 11 is 0. The van der Waals surface area contributed by atoms with Crippen LogP contribution in [0, 0.1) is 5.82 Å². The van der Waals surface area contributed by atoms with E-state index in [-0.39, 0.29) is 54.4 Å². The number of carbonyl (C=O) groups excluding carboxylic acids is 1. The minimum absolute atomic E-state index is 0.00133. The Hall–Kier alpha value is -4.96. The van der Waals surface area contributed by atoms with Gasteiger partial charge in [0, 0.05) is 25.1 Å². The van der Waals surface area contributed by atoms with Crippen LogP contribution in [0.25, 0.3) is 34.0 Å². The molecule has 16 heteroatoms. The van der Waals surface area contributed by atoms with Crippen LogP contribution in [0.5, 0.6) is 0 Å². The first kappa shape index (κ1) is 33.4. The second kappa shape index (κ2) is 13.8. The van der Waals surface area contributed by atoms with E-state index in [0.29, 0.717) is 24.4 Å². The lowest BCUT2D eigenvalue weighted by Crippen LogP contribution is -2.26. The number of carbonyl (C=O) groups is 1. The van der Waals surface area contributed by atoms with Crippen molar-refractivity contribution in [1.82, 2.24) is 24.7 Å². The van der Waals surface area contributed by atoms with Crippen molar-refractivity contribution in [3.05, 3.63) is 95.7 Å². The maximum atomic E-state index is 14.4. The number of imidazole rings is 1. The number of pyridine rings is 1. The van der Waals surface area contributed by atoms with Gasteiger partial charge in [0.25, 0.3) is 0 Å². The summed E-state index contributed by atoms with van der Waals surface area (Å²) in [4.78, 5) is 22.1. The smallest absolute Gasteiger partial charge is 0.417 e. The Kier molecular flexibility index (Phi) is 9.81. The third-order valence-corrected chi connectivity index (χ3v) is 6.82. The fourth-order valence-electron chi connectivity index (χ4n) is 4.58. The molecule has 9 nitrogen and oxygen atoms in total. The van der Waals surface area contributed by atoms with Gasteiger partial charge in [0.05, 0.1) is 53.6 Å². The van der Waals surface area contributed by atoms with Crippen molar-refractivity contribution in [3.63, 3.8) is 0 Å². The van der Waals surface area contributed by atoms with Gasteiger partial charge in [0.15, 0.2) is 11.9 Å². The highest BCUT2D eigenvalue weighted by atomic mass is 19.4. The number of nitrogens with zero attached hydrogens (tertiary/aromatic N) is 5. The summed E-state index contributed by atoms with van der Waals surface area (Å²) in [7, 11) is 1.49. The lowest BCUT2D eigenvalue weighted by atomic mass is 10.00. The molecule has 3 heterocycles. The van der Waals surface area contributed by atoms with Gasteiger partial charge in [-0.1, -0.05) is 18.2 Å². The minimum atomic E-state index is -5.14. The maximum Gasteiger partial charge on any atom is 0.417 e. The number of methoxy groups -OCH3 is 1. The summed E-state index contributed by atoms with van der Waals surface area (Å²) in [6.45, 7) is 0.435. The molecule has 2 aliphatic heterocycles. The Balaban J connectivity index is 1.50. The summed E-state index contributed by atoms with van der Waals surface area (Å²) in [5.41, 5.74) is -3.33. The molecule has 2 aliphatic rings. The number of alkyl halides is 6. The molecule has 0 saturated carbocycles. The fourth-order valence-corrected chi connectivity index (χ4v) is 4.58. The monoisotopic (exact) mass is 663 g/mol. The molecule has 3 aromatic rings. The van der Waals surface area contributed by atoms with E-state index in [0.717, 1.165) is 6.07 Å². The van der Waals surface area contributed by atoms with E-state index in [1.807, 2.05) is 0 Å². The third kappa shape index (κ3) is 7.72. The number of halogens is 7. The van der Waals surface area contributed by atoms with Crippen LogP contribution in [-0.2, 0) is 31.4 Å². The van der Waals surface area contributed by atoms with Crippen LogP contribution in [0.4, 0.5) is 30.7 Å². The van der Waals surface area contributed by atoms with Crippen molar-refractivity contribution in [2.75, 3.05) is 33.5 Å². The van der Waals surface area contributed by atoms with Crippen LogP contribution in [0.15, 0.2) is 73.1 Å². The summed E-state index contributed by atoms with van der Waals surface area (Å²) in [6.07, 6.45) is -7.25. The van der Waals surface area contributed by atoms with E-state index in [1.54, 1.807) is 6.07 Å². The van der Waals surface area contributed by atoms with E-state index in [1.165, 1.54) is 54.4 Å². The average Bonchev–Trinajstić information content (AvgIpc) is 3.46. The summed E-state index contributed by atoms with van der Waals surface area (Å²) in [6, 6.07) is 9.55. The molecule has 1 aromatic heterocycles.